The van der Waals surface area contributed by atoms with Crippen LogP contribution >= 0.6 is 0 Å². The molecule has 6 heteroatoms. The van der Waals surface area contributed by atoms with Gasteiger partial charge in [0.1, 0.15) is 6.61 Å². The molecule has 0 saturated carbocycles. The second-order valence-corrected chi connectivity index (χ2v) is 0.976. The average Bonchev–Trinajstić information content (AvgIpc) is 1.69. The Labute approximate surface area is 52.2 Å². The van der Waals surface area contributed by atoms with Crippen LogP contribution in [0.25, 0.3) is 0 Å². The van der Waals surface area contributed by atoms with E-state index >= 15 is 0 Å². The molecule has 0 atom stereocenters. The molecule has 0 unspecified atom stereocenters. The first-order valence-corrected chi connectivity index (χ1v) is 3.09. The van der Waals surface area contributed by atoms with Gasteiger partial charge in [-0.3, -0.25) is 0 Å². The second kappa shape index (κ2) is 9.89. The topological polar surface area (TPSA) is 94.8 Å². The van der Waals surface area contributed by atoms with Crippen molar-refractivity contribution >= 4 is 22.0 Å². The Morgan fingerprint density at radius 3 is 1.75 bits per heavy atom. The Morgan fingerprint density at radius 1 is 1.62 bits per heavy atom. The third-order valence-corrected chi connectivity index (χ3v) is 0.135. The van der Waals surface area contributed by atoms with E-state index in [1.54, 1.807) is 0 Å². The van der Waals surface area contributed by atoms with Crippen molar-refractivity contribution in [3.8, 4) is 0 Å². The molecule has 48 valence electrons. The number of rotatable bonds is 1. The fraction of sp³-hybridized carbons (Fsp3) is 0.500. The molecule has 0 aliphatic carbocycles. The third kappa shape index (κ3) is 42.4. The first kappa shape index (κ1) is 10.7. The van der Waals surface area contributed by atoms with Crippen molar-refractivity contribution in [1.82, 2.24) is 0 Å². The van der Waals surface area contributed by atoms with Gasteiger partial charge in [0.25, 0.3) is 0 Å². The van der Waals surface area contributed by atoms with E-state index in [0.717, 1.165) is 0 Å². The number of carbonyl (C=O) groups is 1. The van der Waals surface area contributed by atoms with E-state index in [4.69, 9.17) is 22.8 Å². The van der Waals surface area contributed by atoms with Gasteiger partial charge in [-0.05, 0) is 0 Å². The summed E-state index contributed by atoms with van der Waals surface area (Å²) in [6, 6.07) is 0. The number of hydrogen-bond donors (Lipinski definition) is 3. The van der Waals surface area contributed by atoms with E-state index in [-0.39, 0.29) is 0 Å². The number of aliphatic carboxylic acids is 1. The van der Waals surface area contributed by atoms with Crippen molar-refractivity contribution in [2.75, 3.05) is 6.61 Å². The molecule has 0 radical (unpaired) electrons. The maximum atomic E-state index is 9.12. The summed E-state index contributed by atoms with van der Waals surface area (Å²) in [6.07, 6.45) is 0. The summed E-state index contributed by atoms with van der Waals surface area (Å²) < 4.78 is 15.7. The summed E-state index contributed by atoms with van der Waals surface area (Å²) >= 11 is -1.56. The van der Waals surface area contributed by atoms with Crippen LogP contribution in [0, 0.1) is 0 Å². The van der Waals surface area contributed by atoms with Crippen molar-refractivity contribution < 1.29 is 22.8 Å². The zero-order chi connectivity index (χ0) is 6.99. The van der Waals surface area contributed by atoms with E-state index in [0.29, 0.717) is 0 Å². The molecular formula is C2H5AsO5. The first-order valence-electron chi connectivity index (χ1n) is 1.48. The Kier molecular flexibility index (Phi) is 13.2. The average molecular weight is 184 g/mol. The van der Waals surface area contributed by atoms with Gasteiger partial charge < -0.3 is 10.2 Å². The maximum absolute atomic E-state index is 9.12. The van der Waals surface area contributed by atoms with Gasteiger partial charge in [-0.25, -0.2) is 4.79 Å². The molecule has 0 saturated heterocycles. The normalized spacial score (nSPS) is 7.25. The van der Waals surface area contributed by atoms with Crippen LogP contribution in [0.15, 0.2) is 0 Å². The van der Waals surface area contributed by atoms with Gasteiger partial charge >= 0.3 is 29.8 Å². The molecule has 0 aromatic carbocycles. The Balaban J connectivity index is 0. The van der Waals surface area contributed by atoms with E-state index < -0.39 is 28.6 Å². The predicted octanol–water partition coefficient (Wildman–Crippen LogP) is -1.99. The van der Waals surface area contributed by atoms with Crippen LogP contribution in [-0.4, -0.2) is 42.9 Å². The minimum absolute atomic E-state index is 0.778. The molecule has 0 heterocycles. The number of aliphatic hydroxyl groups excluding tert-OH is 1. The third-order valence-electron chi connectivity index (χ3n) is 0.135. The van der Waals surface area contributed by atoms with Crippen LogP contribution in [0.5, 0.6) is 0 Å². The van der Waals surface area contributed by atoms with Gasteiger partial charge in [-0.1, -0.05) is 0 Å². The summed E-state index contributed by atoms with van der Waals surface area (Å²) in [5.74, 6) is -1.19. The molecule has 0 fully saturated rings. The molecular weight excluding hydrogens is 179 g/mol. The Hall–Kier alpha value is -0.252. The SMILES string of the molecule is O=C(O)CO.O=[As]O. The molecule has 0 aliphatic heterocycles. The summed E-state index contributed by atoms with van der Waals surface area (Å²) in [6.45, 7) is -0.778. The number of hydrogen-bond acceptors (Lipinski definition) is 3. The summed E-state index contributed by atoms with van der Waals surface area (Å²) in [5.41, 5.74) is 0. The van der Waals surface area contributed by atoms with Crippen molar-refractivity contribution in [2.24, 2.45) is 0 Å². The quantitative estimate of drug-likeness (QED) is 0.410. The van der Waals surface area contributed by atoms with Crippen molar-refractivity contribution in [3.05, 3.63) is 0 Å². The molecule has 0 bridgehead atoms. The molecule has 0 rings (SSSR count). The number of aliphatic hydroxyl groups is 1. The van der Waals surface area contributed by atoms with Crippen LogP contribution in [0.4, 0.5) is 0 Å². The standard InChI is InChI=1S/C2H4O3.AsHO2/c3-1-2(4)5;2-1-3/h3H,1H2,(H,4,5);(H,2,3). The van der Waals surface area contributed by atoms with Gasteiger partial charge in [0, 0.05) is 0 Å². The predicted molar refractivity (Wildman–Crippen MR) is 23.4 cm³/mol. The molecule has 0 amide bonds. The first-order chi connectivity index (χ1) is 3.68. The second-order valence-electron chi connectivity index (χ2n) is 0.634. The molecule has 5 nitrogen and oxygen atoms in total. The molecule has 3 N–H and O–H groups in total. The van der Waals surface area contributed by atoms with Crippen molar-refractivity contribution in [2.45, 2.75) is 0 Å². The number of carboxylic acids is 1. The molecule has 8 heavy (non-hydrogen) atoms. The van der Waals surface area contributed by atoms with E-state index in [1.165, 1.54) is 0 Å². The Bertz CT molecular complexity index is 70.8. The zero-order valence-corrected chi connectivity index (χ0v) is 5.69. The van der Waals surface area contributed by atoms with Gasteiger partial charge in [-0.15, -0.1) is 0 Å². The van der Waals surface area contributed by atoms with Gasteiger partial charge in [0.15, 0.2) is 0 Å². The van der Waals surface area contributed by atoms with Crippen LogP contribution in [0.1, 0.15) is 0 Å². The van der Waals surface area contributed by atoms with E-state index in [2.05, 4.69) is 0 Å². The van der Waals surface area contributed by atoms with Crippen molar-refractivity contribution in [1.29, 1.82) is 0 Å². The van der Waals surface area contributed by atoms with Crippen molar-refractivity contribution in [3.63, 3.8) is 0 Å². The van der Waals surface area contributed by atoms with Crippen LogP contribution < -0.4 is 0 Å². The van der Waals surface area contributed by atoms with Crippen LogP contribution in [-0.2, 0) is 8.53 Å². The summed E-state index contributed by atoms with van der Waals surface area (Å²) in [5, 5.41) is 15.0. The molecule has 0 aromatic rings. The van der Waals surface area contributed by atoms with Gasteiger partial charge in [0.05, 0.1) is 0 Å². The fourth-order valence-corrected chi connectivity index (χ4v) is 0. The number of carboxylic acid groups (broad SMARTS) is 1. The van der Waals surface area contributed by atoms with Crippen LogP contribution in [0.3, 0.4) is 0 Å². The monoisotopic (exact) mass is 184 g/mol. The molecule has 0 aromatic heterocycles. The molecule has 0 spiro atoms. The van der Waals surface area contributed by atoms with E-state index in [9.17, 15) is 0 Å². The minimum atomic E-state index is -1.56. The zero-order valence-electron chi connectivity index (χ0n) is 3.81. The van der Waals surface area contributed by atoms with E-state index in [1.807, 2.05) is 0 Å². The molecule has 0 aliphatic rings. The van der Waals surface area contributed by atoms with Gasteiger partial charge in [-0.2, -0.15) is 0 Å². The van der Waals surface area contributed by atoms with Gasteiger partial charge in [0.2, 0.25) is 0 Å². The fourth-order valence-electron chi connectivity index (χ4n) is 0. The summed E-state index contributed by atoms with van der Waals surface area (Å²) in [7, 11) is 0. The Morgan fingerprint density at radius 2 is 1.75 bits per heavy atom. The summed E-state index contributed by atoms with van der Waals surface area (Å²) in [4.78, 5) is 9.12. The van der Waals surface area contributed by atoms with Crippen LogP contribution in [0.2, 0.25) is 0 Å².